The predicted octanol–water partition coefficient (Wildman–Crippen LogP) is 2.12. The fourth-order valence-electron chi connectivity index (χ4n) is 1.99. The molecule has 0 amide bonds. The summed E-state index contributed by atoms with van der Waals surface area (Å²) in [6, 6.07) is 7.19. The van der Waals surface area contributed by atoms with Gasteiger partial charge in [-0.2, -0.15) is 0 Å². The lowest BCUT2D eigenvalue weighted by molar-refractivity contribution is 0.0595. The van der Waals surface area contributed by atoms with Crippen LogP contribution in [0.2, 0.25) is 0 Å². The highest BCUT2D eigenvalue weighted by Crippen LogP contribution is 2.28. The topological polar surface area (TPSA) is 93.6 Å². The molecule has 0 aliphatic heterocycles. The van der Waals surface area contributed by atoms with E-state index >= 15 is 0 Å². The van der Waals surface area contributed by atoms with Crippen LogP contribution in [0.1, 0.15) is 31.3 Å². The number of rotatable bonds is 7. The lowest BCUT2D eigenvalue weighted by Crippen LogP contribution is -2.42. The Balaban J connectivity index is 1.94. The van der Waals surface area contributed by atoms with Gasteiger partial charge in [0.05, 0.1) is 12.0 Å². The average Bonchev–Trinajstić information content (AvgIpc) is 3.07. The predicted molar refractivity (Wildman–Crippen MR) is 95.9 cm³/mol. The third-order valence-corrected chi connectivity index (χ3v) is 4.07. The molecule has 2 N–H and O–H groups in total. The summed E-state index contributed by atoms with van der Waals surface area (Å²) in [6.45, 7) is 6.76. The molecule has 0 aliphatic carbocycles. The molecule has 0 saturated carbocycles. The second-order valence-electron chi connectivity index (χ2n) is 6.56. The van der Waals surface area contributed by atoms with Gasteiger partial charge < -0.3 is 19.9 Å². The Morgan fingerprint density at radius 1 is 1.32 bits per heavy atom. The molecule has 1 atom stereocenters. The van der Waals surface area contributed by atoms with Gasteiger partial charge in [0.2, 0.25) is 0 Å². The van der Waals surface area contributed by atoms with Crippen molar-refractivity contribution >= 4 is 17.5 Å². The second-order valence-corrected chi connectivity index (χ2v) is 7.32. The largest absolute Gasteiger partial charge is 0.491 e. The Labute approximate surface area is 151 Å². The number of methoxy groups -OCH3 is 1. The monoisotopic (exact) mass is 365 g/mol. The van der Waals surface area contributed by atoms with Gasteiger partial charge in [-0.15, -0.1) is 5.10 Å². The number of esters is 1. The van der Waals surface area contributed by atoms with E-state index < -0.39 is 12.1 Å². The van der Waals surface area contributed by atoms with Gasteiger partial charge in [0.15, 0.2) is 5.69 Å². The number of aliphatic hydroxyl groups excluding tert-OH is 1. The van der Waals surface area contributed by atoms with E-state index in [0.717, 1.165) is 17.1 Å². The first-order valence-corrected chi connectivity index (χ1v) is 8.64. The Morgan fingerprint density at radius 3 is 2.60 bits per heavy atom. The van der Waals surface area contributed by atoms with E-state index in [4.69, 9.17) is 9.47 Å². The maximum atomic E-state index is 11.7. The van der Waals surface area contributed by atoms with Crippen molar-refractivity contribution in [2.45, 2.75) is 32.4 Å². The number of hydrogen-bond donors (Lipinski definition) is 2. The standard InChI is InChI=1S/C17H23N3O4S/c1-17(2,3)18-9-12(21)10-24-13-7-5-11(6-8-13)15-14(16(22)23-4)19-20-25-15/h5-8,12,18,21H,9-10H2,1-4H3. The lowest BCUT2D eigenvalue weighted by Gasteiger charge is -2.22. The van der Waals surface area contributed by atoms with Crippen molar-refractivity contribution in [2.24, 2.45) is 0 Å². The molecular formula is C17H23N3O4S. The zero-order valence-corrected chi connectivity index (χ0v) is 15.6. The van der Waals surface area contributed by atoms with Gasteiger partial charge in [0.25, 0.3) is 0 Å². The Bertz CT molecular complexity index is 695. The van der Waals surface area contributed by atoms with Crippen molar-refractivity contribution in [1.82, 2.24) is 14.9 Å². The van der Waals surface area contributed by atoms with E-state index in [2.05, 4.69) is 14.9 Å². The minimum atomic E-state index is -0.601. The number of hydrogen-bond acceptors (Lipinski definition) is 8. The van der Waals surface area contributed by atoms with Crippen LogP contribution in [-0.4, -0.2) is 52.6 Å². The zero-order valence-electron chi connectivity index (χ0n) is 14.8. The summed E-state index contributed by atoms with van der Waals surface area (Å²) in [4.78, 5) is 12.3. The van der Waals surface area contributed by atoms with Crippen LogP contribution in [-0.2, 0) is 4.74 Å². The first-order valence-electron chi connectivity index (χ1n) is 7.87. The Kier molecular flexibility index (Phi) is 6.46. The van der Waals surface area contributed by atoms with Crippen molar-refractivity contribution in [3.63, 3.8) is 0 Å². The molecule has 1 aromatic heterocycles. The molecule has 1 unspecified atom stereocenters. The molecule has 0 aliphatic rings. The van der Waals surface area contributed by atoms with Crippen molar-refractivity contribution in [2.75, 3.05) is 20.3 Å². The minimum Gasteiger partial charge on any atom is -0.491 e. The Hall–Kier alpha value is -2.03. The number of aliphatic hydroxyl groups is 1. The van der Waals surface area contributed by atoms with Gasteiger partial charge in [-0.1, -0.05) is 4.49 Å². The minimum absolute atomic E-state index is 0.0528. The third kappa shape index (κ3) is 5.77. The fraction of sp³-hybridized carbons (Fsp3) is 0.471. The van der Waals surface area contributed by atoms with Crippen LogP contribution in [0.3, 0.4) is 0 Å². The lowest BCUT2D eigenvalue weighted by atomic mass is 10.1. The summed E-state index contributed by atoms with van der Waals surface area (Å²) in [6.07, 6.45) is -0.601. The molecule has 1 heterocycles. The van der Waals surface area contributed by atoms with Gasteiger partial charge >= 0.3 is 5.97 Å². The van der Waals surface area contributed by atoms with Crippen LogP contribution < -0.4 is 10.1 Å². The zero-order chi connectivity index (χ0) is 18.4. The van der Waals surface area contributed by atoms with Crippen LogP contribution in [0.15, 0.2) is 24.3 Å². The Morgan fingerprint density at radius 2 is 2.00 bits per heavy atom. The SMILES string of the molecule is COC(=O)c1nnsc1-c1ccc(OCC(O)CNC(C)(C)C)cc1. The molecule has 0 bridgehead atoms. The van der Waals surface area contributed by atoms with Crippen LogP contribution in [0.4, 0.5) is 0 Å². The van der Waals surface area contributed by atoms with Gasteiger partial charge in [-0.05, 0) is 62.1 Å². The van der Waals surface area contributed by atoms with E-state index in [1.54, 1.807) is 12.1 Å². The molecule has 2 rings (SSSR count). The molecule has 7 nitrogen and oxygen atoms in total. The summed E-state index contributed by atoms with van der Waals surface area (Å²) < 4.78 is 14.1. The molecule has 2 aromatic rings. The third-order valence-electron chi connectivity index (χ3n) is 3.29. The van der Waals surface area contributed by atoms with E-state index in [0.29, 0.717) is 17.2 Å². The second kappa shape index (κ2) is 8.37. The molecule has 1 aromatic carbocycles. The van der Waals surface area contributed by atoms with Gasteiger partial charge in [0, 0.05) is 12.1 Å². The number of nitrogens with one attached hydrogen (secondary N) is 1. The highest BCUT2D eigenvalue weighted by atomic mass is 32.1. The summed E-state index contributed by atoms with van der Waals surface area (Å²) in [7, 11) is 1.31. The number of carbonyl (C=O) groups excluding carboxylic acids is 1. The molecule has 136 valence electrons. The van der Waals surface area contributed by atoms with E-state index in [1.807, 2.05) is 32.9 Å². The van der Waals surface area contributed by atoms with E-state index in [1.165, 1.54) is 7.11 Å². The smallest absolute Gasteiger partial charge is 0.360 e. The van der Waals surface area contributed by atoms with Crippen LogP contribution in [0, 0.1) is 0 Å². The number of ether oxygens (including phenoxy) is 2. The number of carbonyl (C=O) groups is 1. The molecule has 0 spiro atoms. The molecular weight excluding hydrogens is 342 g/mol. The molecule has 0 fully saturated rings. The average molecular weight is 365 g/mol. The van der Waals surface area contributed by atoms with Crippen LogP contribution in [0.5, 0.6) is 5.75 Å². The normalized spacial score (nSPS) is 12.7. The summed E-state index contributed by atoms with van der Waals surface area (Å²) in [5.41, 5.74) is 0.950. The van der Waals surface area contributed by atoms with Crippen LogP contribution >= 0.6 is 11.5 Å². The van der Waals surface area contributed by atoms with Crippen molar-refractivity contribution in [3.8, 4) is 16.2 Å². The van der Waals surface area contributed by atoms with E-state index in [-0.39, 0.29) is 17.8 Å². The molecule has 0 radical (unpaired) electrons. The number of nitrogens with zero attached hydrogens (tertiary/aromatic N) is 2. The quantitative estimate of drug-likeness (QED) is 0.726. The van der Waals surface area contributed by atoms with Crippen LogP contribution in [0.25, 0.3) is 10.4 Å². The highest BCUT2D eigenvalue weighted by molar-refractivity contribution is 7.09. The first-order chi connectivity index (χ1) is 11.8. The van der Waals surface area contributed by atoms with Crippen molar-refractivity contribution < 1.29 is 19.4 Å². The maximum absolute atomic E-state index is 11.7. The maximum Gasteiger partial charge on any atom is 0.360 e. The molecule has 25 heavy (non-hydrogen) atoms. The first kappa shape index (κ1) is 19.3. The van der Waals surface area contributed by atoms with Gasteiger partial charge in [-0.25, -0.2) is 4.79 Å². The number of β-amino-alcohol motifs (C(OH)–C–C–N with tert-alkyl or cyclic N) is 1. The fourth-order valence-corrected chi connectivity index (χ4v) is 2.64. The van der Waals surface area contributed by atoms with Crippen molar-refractivity contribution in [1.29, 1.82) is 0 Å². The summed E-state index contributed by atoms with van der Waals surface area (Å²) in [5.74, 6) is 0.120. The van der Waals surface area contributed by atoms with Gasteiger partial charge in [0.1, 0.15) is 18.5 Å². The van der Waals surface area contributed by atoms with Crippen molar-refractivity contribution in [3.05, 3.63) is 30.0 Å². The number of aromatic nitrogens is 2. The molecule has 8 heteroatoms. The summed E-state index contributed by atoms with van der Waals surface area (Å²) in [5, 5.41) is 17.0. The highest BCUT2D eigenvalue weighted by Gasteiger charge is 2.18. The summed E-state index contributed by atoms with van der Waals surface area (Å²) >= 11 is 1.13. The molecule has 0 saturated heterocycles. The van der Waals surface area contributed by atoms with E-state index in [9.17, 15) is 9.90 Å². The van der Waals surface area contributed by atoms with Gasteiger partial charge in [-0.3, -0.25) is 0 Å². The number of benzene rings is 1.